The molecule has 1 aliphatic carbocycles. The first-order valence-corrected chi connectivity index (χ1v) is 8.29. The van der Waals surface area contributed by atoms with Crippen molar-refractivity contribution in [3.05, 3.63) is 24.4 Å². The van der Waals surface area contributed by atoms with Gasteiger partial charge in [0.25, 0.3) is 5.91 Å². The number of carbonyl (C=O) groups excluding carboxylic acids is 1. The fourth-order valence-electron chi connectivity index (χ4n) is 2.79. The van der Waals surface area contributed by atoms with E-state index in [4.69, 9.17) is 5.73 Å². The van der Waals surface area contributed by atoms with Crippen molar-refractivity contribution in [1.82, 2.24) is 9.97 Å². The number of hydrogen-bond donors (Lipinski definition) is 4. The summed E-state index contributed by atoms with van der Waals surface area (Å²) in [5.74, 6) is 0.267. The zero-order valence-corrected chi connectivity index (χ0v) is 14.4. The van der Waals surface area contributed by atoms with Crippen LogP contribution in [0.2, 0.25) is 0 Å². The van der Waals surface area contributed by atoms with E-state index in [0.29, 0.717) is 24.7 Å². The van der Waals surface area contributed by atoms with E-state index in [1.165, 1.54) is 6.20 Å². The SMILES string of the molecule is C=CCCNc1ncc(C(N)=O)c(N[C@@H]2CCC(C)(C)[C@H](O)C2)n1. The Morgan fingerprint density at radius 1 is 1.58 bits per heavy atom. The molecule has 0 aromatic carbocycles. The number of aliphatic hydroxyl groups is 1. The van der Waals surface area contributed by atoms with Crippen molar-refractivity contribution < 1.29 is 9.90 Å². The van der Waals surface area contributed by atoms with Crippen LogP contribution in [0.5, 0.6) is 0 Å². The topological polar surface area (TPSA) is 113 Å². The highest BCUT2D eigenvalue weighted by molar-refractivity contribution is 5.97. The molecule has 7 heteroatoms. The van der Waals surface area contributed by atoms with Crippen LogP contribution in [0.1, 0.15) is 49.9 Å². The molecule has 132 valence electrons. The molecule has 2 rings (SSSR count). The molecule has 1 amide bonds. The van der Waals surface area contributed by atoms with Gasteiger partial charge in [0.1, 0.15) is 5.82 Å². The van der Waals surface area contributed by atoms with Gasteiger partial charge in [-0.05, 0) is 31.1 Å². The maximum atomic E-state index is 11.6. The van der Waals surface area contributed by atoms with E-state index in [1.807, 2.05) is 0 Å². The molecule has 0 unspecified atom stereocenters. The van der Waals surface area contributed by atoms with Crippen molar-refractivity contribution in [2.24, 2.45) is 11.1 Å². The highest BCUT2D eigenvalue weighted by Crippen LogP contribution is 2.36. The molecule has 5 N–H and O–H groups in total. The fourth-order valence-corrected chi connectivity index (χ4v) is 2.79. The summed E-state index contributed by atoms with van der Waals surface area (Å²) in [5.41, 5.74) is 5.58. The predicted molar refractivity (Wildman–Crippen MR) is 94.9 cm³/mol. The van der Waals surface area contributed by atoms with E-state index in [-0.39, 0.29) is 17.0 Å². The van der Waals surface area contributed by atoms with E-state index in [1.54, 1.807) is 6.08 Å². The lowest BCUT2D eigenvalue weighted by Gasteiger charge is -2.39. The highest BCUT2D eigenvalue weighted by atomic mass is 16.3. The number of aromatic nitrogens is 2. The fraction of sp³-hybridized carbons (Fsp3) is 0.588. The van der Waals surface area contributed by atoms with E-state index >= 15 is 0 Å². The molecule has 0 radical (unpaired) electrons. The Balaban J connectivity index is 2.13. The summed E-state index contributed by atoms with van der Waals surface area (Å²) in [4.78, 5) is 20.1. The average molecular weight is 333 g/mol. The van der Waals surface area contributed by atoms with E-state index in [9.17, 15) is 9.90 Å². The zero-order chi connectivity index (χ0) is 17.7. The molecule has 1 saturated carbocycles. The first kappa shape index (κ1) is 18.2. The lowest BCUT2D eigenvalue weighted by Crippen LogP contribution is -2.41. The van der Waals surface area contributed by atoms with Gasteiger partial charge in [-0.3, -0.25) is 4.79 Å². The molecular formula is C17H27N5O2. The van der Waals surface area contributed by atoms with Gasteiger partial charge in [0, 0.05) is 18.8 Å². The molecule has 1 aromatic rings. The number of anilines is 2. The average Bonchev–Trinajstić information content (AvgIpc) is 2.51. The molecule has 2 atom stereocenters. The molecule has 0 aliphatic heterocycles. The van der Waals surface area contributed by atoms with Crippen LogP contribution in [0.25, 0.3) is 0 Å². The van der Waals surface area contributed by atoms with E-state index < -0.39 is 12.0 Å². The van der Waals surface area contributed by atoms with Crippen molar-refractivity contribution >= 4 is 17.7 Å². The highest BCUT2D eigenvalue weighted by Gasteiger charge is 2.35. The van der Waals surface area contributed by atoms with Gasteiger partial charge < -0.3 is 21.5 Å². The third-order valence-corrected chi connectivity index (χ3v) is 4.57. The monoisotopic (exact) mass is 333 g/mol. The van der Waals surface area contributed by atoms with Gasteiger partial charge in [0.2, 0.25) is 5.95 Å². The van der Waals surface area contributed by atoms with Crippen LogP contribution < -0.4 is 16.4 Å². The van der Waals surface area contributed by atoms with Gasteiger partial charge >= 0.3 is 0 Å². The lowest BCUT2D eigenvalue weighted by atomic mass is 9.73. The predicted octanol–water partition coefficient (Wildman–Crippen LogP) is 1.91. The van der Waals surface area contributed by atoms with Crippen LogP contribution in [0, 0.1) is 5.41 Å². The summed E-state index contributed by atoms with van der Waals surface area (Å²) in [7, 11) is 0. The summed E-state index contributed by atoms with van der Waals surface area (Å²) in [6.07, 6.45) is 6.01. The van der Waals surface area contributed by atoms with Crippen LogP contribution in [-0.2, 0) is 0 Å². The summed E-state index contributed by atoms with van der Waals surface area (Å²) < 4.78 is 0. The van der Waals surface area contributed by atoms with Crippen LogP contribution in [0.3, 0.4) is 0 Å². The Morgan fingerprint density at radius 2 is 2.33 bits per heavy atom. The smallest absolute Gasteiger partial charge is 0.254 e. The number of nitrogens with one attached hydrogen (secondary N) is 2. The zero-order valence-electron chi connectivity index (χ0n) is 14.4. The Bertz CT molecular complexity index is 603. The van der Waals surface area contributed by atoms with Crippen LogP contribution in [0.4, 0.5) is 11.8 Å². The number of hydrogen-bond acceptors (Lipinski definition) is 6. The second kappa shape index (κ2) is 7.61. The number of amides is 1. The summed E-state index contributed by atoms with van der Waals surface area (Å²) in [5, 5.41) is 16.6. The lowest BCUT2D eigenvalue weighted by molar-refractivity contribution is 0.00912. The number of carbonyl (C=O) groups is 1. The first-order valence-electron chi connectivity index (χ1n) is 8.29. The second-order valence-electron chi connectivity index (χ2n) is 6.94. The third kappa shape index (κ3) is 4.44. The minimum atomic E-state index is -0.577. The number of nitrogens with zero attached hydrogens (tertiary/aromatic N) is 2. The molecule has 0 bridgehead atoms. The van der Waals surface area contributed by atoms with Gasteiger partial charge in [-0.2, -0.15) is 4.98 Å². The molecule has 0 spiro atoms. The molecular weight excluding hydrogens is 306 g/mol. The molecule has 1 heterocycles. The molecule has 1 aromatic heterocycles. The van der Waals surface area contributed by atoms with Crippen molar-refractivity contribution in [2.45, 2.75) is 51.7 Å². The quantitative estimate of drug-likeness (QED) is 0.448. The number of aliphatic hydroxyl groups excluding tert-OH is 1. The Labute approximate surface area is 142 Å². The largest absolute Gasteiger partial charge is 0.392 e. The van der Waals surface area contributed by atoms with Gasteiger partial charge in [0.15, 0.2) is 0 Å². The van der Waals surface area contributed by atoms with Crippen molar-refractivity contribution in [2.75, 3.05) is 17.2 Å². The van der Waals surface area contributed by atoms with Crippen molar-refractivity contribution in [3.63, 3.8) is 0 Å². The first-order chi connectivity index (χ1) is 11.3. The van der Waals surface area contributed by atoms with Gasteiger partial charge in [0.05, 0.1) is 11.7 Å². The standard InChI is InChI=1S/C17H27N5O2/c1-4-5-8-19-16-20-10-12(14(18)24)15(22-16)21-11-6-7-17(2,3)13(23)9-11/h4,10-11,13,23H,1,5-9H2,2-3H3,(H2,18,24)(H2,19,20,21,22)/t11-,13-/m1/s1. The molecule has 7 nitrogen and oxygen atoms in total. The van der Waals surface area contributed by atoms with E-state index in [2.05, 4.69) is 41.0 Å². The summed E-state index contributed by atoms with van der Waals surface area (Å²) in [6, 6.07) is 0.0436. The number of rotatable bonds is 7. The normalized spacial score (nSPS) is 22.6. The van der Waals surface area contributed by atoms with Gasteiger partial charge in [-0.15, -0.1) is 6.58 Å². The molecule has 0 saturated heterocycles. The molecule has 1 fully saturated rings. The third-order valence-electron chi connectivity index (χ3n) is 4.57. The summed E-state index contributed by atoms with van der Waals surface area (Å²) >= 11 is 0. The number of primary amides is 1. The molecule has 1 aliphatic rings. The van der Waals surface area contributed by atoms with Crippen LogP contribution >= 0.6 is 0 Å². The van der Waals surface area contributed by atoms with Crippen molar-refractivity contribution in [1.29, 1.82) is 0 Å². The van der Waals surface area contributed by atoms with Crippen LogP contribution in [-0.4, -0.2) is 39.7 Å². The van der Waals surface area contributed by atoms with Gasteiger partial charge in [-0.25, -0.2) is 4.98 Å². The minimum Gasteiger partial charge on any atom is -0.392 e. The summed E-state index contributed by atoms with van der Waals surface area (Å²) in [6.45, 7) is 8.46. The van der Waals surface area contributed by atoms with E-state index in [0.717, 1.165) is 19.3 Å². The molecule has 24 heavy (non-hydrogen) atoms. The Hall–Kier alpha value is -2.15. The van der Waals surface area contributed by atoms with Crippen LogP contribution in [0.15, 0.2) is 18.9 Å². The Morgan fingerprint density at radius 3 is 2.96 bits per heavy atom. The second-order valence-corrected chi connectivity index (χ2v) is 6.94. The minimum absolute atomic E-state index is 0.0436. The number of nitrogens with two attached hydrogens (primary N) is 1. The maximum absolute atomic E-state index is 11.6. The van der Waals surface area contributed by atoms with Crippen molar-refractivity contribution in [3.8, 4) is 0 Å². The Kier molecular flexibility index (Phi) is 5.77. The maximum Gasteiger partial charge on any atom is 0.254 e. The van der Waals surface area contributed by atoms with Gasteiger partial charge in [-0.1, -0.05) is 19.9 Å².